The molecular weight excluding hydrogens is 473 g/mol. The van der Waals surface area contributed by atoms with Gasteiger partial charge in [-0.15, -0.1) is 0 Å². The van der Waals surface area contributed by atoms with Gasteiger partial charge >= 0.3 is 0 Å². The summed E-state index contributed by atoms with van der Waals surface area (Å²) in [5, 5.41) is 0.673. The van der Waals surface area contributed by atoms with Gasteiger partial charge in [0.15, 0.2) is 6.61 Å². The molecule has 2 atom stereocenters. The Labute approximate surface area is 203 Å². The van der Waals surface area contributed by atoms with Gasteiger partial charge in [0.25, 0.3) is 16.0 Å². The number of carbonyl (C=O) groups is 1. The van der Waals surface area contributed by atoms with Crippen molar-refractivity contribution in [1.82, 2.24) is 9.80 Å². The number of halogens is 1. The summed E-state index contributed by atoms with van der Waals surface area (Å²) in [6, 6.07) is 14.0. The predicted octanol–water partition coefficient (Wildman–Crippen LogP) is 3.31. The molecule has 3 N–H and O–H groups in total. The molecule has 3 aromatic rings. The third kappa shape index (κ3) is 5.39. The minimum absolute atomic E-state index is 0.0142. The number of ether oxygens (including phenoxy) is 1. The van der Waals surface area contributed by atoms with E-state index >= 15 is 0 Å². The monoisotopic (exact) mass is 501 g/mol. The van der Waals surface area contributed by atoms with Crippen LogP contribution in [0.5, 0.6) is 5.75 Å². The molecule has 0 radical (unpaired) electrons. The van der Waals surface area contributed by atoms with Gasteiger partial charge in [0, 0.05) is 48.6 Å². The zero-order valence-corrected chi connectivity index (χ0v) is 20.3. The van der Waals surface area contributed by atoms with Crippen molar-refractivity contribution in [2.75, 3.05) is 25.4 Å². The number of benzene rings is 3. The molecule has 35 heavy (non-hydrogen) atoms. The highest BCUT2D eigenvalue weighted by molar-refractivity contribution is 7.86. The van der Waals surface area contributed by atoms with E-state index in [1.165, 1.54) is 18.2 Å². The van der Waals surface area contributed by atoms with E-state index in [0.29, 0.717) is 25.0 Å². The molecule has 2 unspecified atom stereocenters. The Bertz CT molecular complexity index is 1350. The van der Waals surface area contributed by atoms with Crippen LogP contribution in [0.2, 0.25) is 0 Å². The van der Waals surface area contributed by atoms with Crippen molar-refractivity contribution < 1.29 is 26.9 Å². The molecule has 1 fully saturated rings. The van der Waals surface area contributed by atoms with E-state index in [0.717, 1.165) is 11.6 Å². The van der Waals surface area contributed by atoms with E-state index in [1.54, 1.807) is 35.2 Å². The number of hydrogen-bond donors (Lipinski definition) is 2. The third-order valence-electron chi connectivity index (χ3n) is 6.37. The number of nitrogens with zero attached hydrogens (tertiary/aromatic N) is 2. The average molecular weight is 502 g/mol. The summed E-state index contributed by atoms with van der Waals surface area (Å²) in [6.45, 7) is 5.40. The fourth-order valence-corrected chi connectivity index (χ4v) is 5.20. The van der Waals surface area contributed by atoms with E-state index < -0.39 is 10.1 Å². The van der Waals surface area contributed by atoms with Crippen molar-refractivity contribution in [2.45, 2.75) is 37.4 Å². The highest BCUT2D eigenvalue weighted by Gasteiger charge is 2.32. The Morgan fingerprint density at radius 2 is 1.74 bits per heavy atom. The molecule has 0 aliphatic carbocycles. The molecule has 10 heteroatoms. The van der Waals surface area contributed by atoms with Crippen molar-refractivity contribution in [2.24, 2.45) is 0 Å². The first-order chi connectivity index (χ1) is 16.5. The van der Waals surface area contributed by atoms with Crippen LogP contribution in [0.1, 0.15) is 19.4 Å². The zero-order valence-electron chi connectivity index (χ0n) is 19.5. The molecule has 1 saturated heterocycles. The molecular formula is C25H28FN3O5S. The second-order valence-corrected chi connectivity index (χ2v) is 10.3. The third-order valence-corrected chi connectivity index (χ3v) is 7.27. The molecule has 0 saturated carbocycles. The molecule has 0 bridgehead atoms. The fraction of sp³-hybridized carbons (Fsp3) is 0.320. The van der Waals surface area contributed by atoms with E-state index in [2.05, 4.69) is 4.90 Å². The van der Waals surface area contributed by atoms with Crippen LogP contribution in [0.25, 0.3) is 10.8 Å². The first kappa shape index (κ1) is 24.9. The van der Waals surface area contributed by atoms with Gasteiger partial charge in [-0.3, -0.25) is 14.2 Å². The summed E-state index contributed by atoms with van der Waals surface area (Å²) in [4.78, 5) is 16.7. The minimum atomic E-state index is -4.54. The summed E-state index contributed by atoms with van der Waals surface area (Å²) in [5.41, 5.74) is 7.37. The summed E-state index contributed by atoms with van der Waals surface area (Å²) >= 11 is 0. The van der Waals surface area contributed by atoms with Gasteiger partial charge in [0.1, 0.15) is 16.5 Å². The van der Waals surface area contributed by atoms with Crippen molar-refractivity contribution >= 4 is 32.5 Å². The maximum atomic E-state index is 13.2. The zero-order chi connectivity index (χ0) is 25.3. The number of piperazine rings is 1. The van der Waals surface area contributed by atoms with Crippen LogP contribution >= 0.6 is 0 Å². The SMILES string of the molecule is CC1CN(C(=O)COc2cc(S(=O)(=O)O)c3ccccc3c2N)C(C)CN1Cc1ccc(F)cc1. The number of nitrogen functional groups attached to an aromatic ring is 1. The number of rotatable bonds is 6. The van der Waals surface area contributed by atoms with E-state index in [1.807, 2.05) is 13.8 Å². The quantitative estimate of drug-likeness (QED) is 0.394. The molecule has 8 nitrogen and oxygen atoms in total. The van der Waals surface area contributed by atoms with Gasteiger partial charge in [0.2, 0.25) is 0 Å². The molecule has 0 spiro atoms. The predicted molar refractivity (Wildman–Crippen MR) is 131 cm³/mol. The molecule has 0 aromatic heterocycles. The van der Waals surface area contributed by atoms with Crippen LogP contribution in [-0.2, 0) is 21.5 Å². The number of hydrogen-bond acceptors (Lipinski definition) is 6. The molecule has 3 aromatic carbocycles. The Kier molecular flexibility index (Phi) is 6.98. The van der Waals surface area contributed by atoms with Gasteiger partial charge < -0.3 is 15.4 Å². The number of carbonyl (C=O) groups excluding carboxylic acids is 1. The van der Waals surface area contributed by atoms with Crippen molar-refractivity contribution in [3.8, 4) is 5.75 Å². The molecule has 1 heterocycles. The highest BCUT2D eigenvalue weighted by atomic mass is 32.2. The Hall–Kier alpha value is -3.21. The molecule has 4 rings (SSSR count). The Morgan fingerprint density at radius 3 is 2.40 bits per heavy atom. The maximum Gasteiger partial charge on any atom is 0.295 e. The molecule has 1 aliphatic rings. The van der Waals surface area contributed by atoms with Crippen LogP contribution in [-0.4, -0.2) is 60.5 Å². The van der Waals surface area contributed by atoms with E-state index in [4.69, 9.17) is 10.5 Å². The second kappa shape index (κ2) is 9.80. The van der Waals surface area contributed by atoms with Gasteiger partial charge in [-0.25, -0.2) is 4.39 Å². The lowest BCUT2D eigenvalue weighted by Gasteiger charge is -2.44. The van der Waals surface area contributed by atoms with Crippen LogP contribution in [0.4, 0.5) is 10.1 Å². The van der Waals surface area contributed by atoms with Gasteiger partial charge in [-0.05, 0) is 31.5 Å². The second-order valence-electron chi connectivity index (χ2n) is 8.90. The first-order valence-electron chi connectivity index (χ1n) is 11.2. The van der Waals surface area contributed by atoms with Crippen molar-refractivity contribution in [1.29, 1.82) is 0 Å². The molecule has 1 aliphatic heterocycles. The fourth-order valence-electron chi connectivity index (χ4n) is 4.49. The topological polar surface area (TPSA) is 113 Å². The van der Waals surface area contributed by atoms with Crippen LogP contribution in [0, 0.1) is 5.82 Å². The molecule has 186 valence electrons. The standard InChI is InChI=1S/C25H28FN3O5S/c1-16-13-29(17(2)12-28(16)14-18-7-9-19(26)10-8-18)24(30)15-34-22-11-23(35(31,32)33)20-5-3-4-6-21(20)25(22)27/h3-11,16-17H,12-15,27H2,1-2H3,(H,31,32,33). The summed E-state index contributed by atoms with van der Waals surface area (Å²) in [6.07, 6.45) is 0. The Balaban J connectivity index is 1.46. The van der Waals surface area contributed by atoms with E-state index in [9.17, 15) is 22.2 Å². The number of fused-ring (bicyclic) bond motifs is 1. The number of nitrogens with two attached hydrogens (primary N) is 1. The van der Waals surface area contributed by atoms with Crippen molar-refractivity contribution in [3.05, 3.63) is 66.0 Å². The average Bonchev–Trinajstić information content (AvgIpc) is 2.81. The van der Waals surface area contributed by atoms with Crippen molar-refractivity contribution in [3.63, 3.8) is 0 Å². The first-order valence-corrected chi connectivity index (χ1v) is 12.7. The van der Waals surface area contributed by atoms with Gasteiger partial charge in [0.05, 0.1) is 5.69 Å². The van der Waals surface area contributed by atoms with Gasteiger partial charge in [-0.1, -0.05) is 36.4 Å². The lowest BCUT2D eigenvalue weighted by atomic mass is 10.1. The summed E-state index contributed by atoms with van der Waals surface area (Å²) < 4.78 is 52.4. The van der Waals surface area contributed by atoms with Gasteiger partial charge in [-0.2, -0.15) is 8.42 Å². The normalized spacial score (nSPS) is 19.1. The minimum Gasteiger partial charge on any atom is -0.482 e. The largest absolute Gasteiger partial charge is 0.482 e. The van der Waals surface area contributed by atoms with E-state index in [-0.39, 0.29) is 52.1 Å². The maximum absolute atomic E-state index is 13.2. The lowest BCUT2D eigenvalue weighted by molar-refractivity contribution is -0.139. The van der Waals surface area contributed by atoms with Crippen LogP contribution < -0.4 is 10.5 Å². The molecule has 1 amide bonds. The van der Waals surface area contributed by atoms with Crippen LogP contribution in [0.15, 0.2) is 59.5 Å². The summed E-state index contributed by atoms with van der Waals surface area (Å²) in [5.74, 6) is -0.520. The highest BCUT2D eigenvalue weighted by Crippen LogP contribution is 2.36. The summed E-state index contributed by atoms with van der Waals surface area (Å²) in [7, 11) is -4.54. The number of anilines is 1. The Morgan fingerprint density at radius 1 is 1.09 bits per heavy atom. The number of amides is 1. The van der Waals surface area contributed by atoms with Crippen LogP contribution in [0.3, 0.4) is 0 Å². The lowest BCUT2D eigenvalue weighted by Crippen LogP contribution is -2.58. The smallest absolute Gasteiger partial charge is 0.295 e.